The quantitative estimate of drug-likeness (QED) is 0.273. The number of benzene rings is 3. The van der Waals surface area contributed by atoms with Crippen LogP contribution in [0.25, 0.3) is 10.2 Å². The molecule has 0 atom stereocenters. The van der Waals surface area contributed by atoms with Crippen molar-refractivity contribution in [3.8, 4) is 5.75 Å². The van der Waals surface area contributed by atoms with Crippen LogP contribution in [0.4, 0.5) is 5.13 Å². The summed E-state index contributed by atoms with van der Waals surface area (Å²) in [6.07, 6.45) is 1.51. The average Bonchev–Trinajstić information content (AvgIpc) is 3.12. The number of hydrogen-bond acceptors (Lipinski definition) is 7. The lowest BCUT2D eigenvalue weighted by atomic mass is 10.2. The van der Waals surface area contributed by atoms with E-state index in [-0.39, 0.29) is 10.6 Å². The zero-order chi connectivity index (χ0) is 20.3. The van der Waals surface area contributed by atoms with Crippen LogP contribution in [0.2, 0.25) is 0 Å². The summed E-state index contributed by atoms with van der Waals surface area (Å²) < 4.78 is 31.5. The molecule has 4 rings (SSSR count). The van der Waals surface area contributed by atoms with Gasteiger partial charge in [0, 0.05) is 5.56 Å². The highest BCUT2D eigenvalue weighted by Crippen LogP contribution is 2.26. The van der Waals surface area contributed by atoms with Crippen molar-refractivity contribution in [3.63, 3.8) is 0 Å². The van der Waals surface area contributed by atoms with E-state index in [9.17, 15) is 8.42 Å². The maximum Gasteiger partial charge on any atom is 0.339 e. The first-order valence-electron chi connectivity index (χ1n) is 8.76. The van der Waals surface area contributed by atoms with Crippen LogP contribution in [-0.4, -0.2) is 19.6 Å². The Morgan fingerprint density at radius 2 is 1.72 bits per heavy atom. The summed E-state index contributed by atoms with van der Waals surface area (Å²) in [7, 11) is -3.94. The first-order chi connectivity index (χ1) is 14.0. The highest BCUT2D eigenvalue weighted by molar-refractivity contribution is 7.87. The Labute approximate surface area is 172 Å². The van der Waals surface area contributed by atoms with Gasteiger partial charge < -0.3 is 4.18 Å². The molecule has 3 aromatic carbocycles. The molecule has 1 N–H and O–H groups in total. The van der Waals surface area contributed by atoms with E-state index in [1.165, 1.54) is 29.7 Å². The number of hydrogen-bond donors (Lipinski definition) is 1. The Balaban J connectivity index is 1.53. The normalized spacial score (nSPS) is 11.8. The number of para-hydroxylation sites is 2. The van der Waals surface area contributed by atoms with Gasteiger partial charge in [-0.2, -0.15) is 13.5 Å². The molecule has 4 aromatic rings. The first kappa shape index (κ1) is 19.1. The monoisotopic (exact) mass is 423 g/mol. The Hall–Kier alpha value is -3.23. The van der Waals surface area contributed by atoms with Crippen LogP contribution in [0.5, 0.6) is 5.75 Å². The van der Waals surface area contributed by atoms with E-state index in [1.54, 1.807) is 36.4 Å². The fourth-order valence-electron chi connectivity index (χ4n) is 2.61. The van der Waals surface area contributed by atoms with Gasteiger partial charge in [0.25, 0.3) is 0 Å². The van der Waals surface area contributed by atoms with Crippen molar-refractivity contribution in [2.75, 3.05) is 5.43 Å². The molecule has 29 heavy (non-hydrogen) atoms. The molecule has 0 spiro atoms. The minimum atomic E-state index is -3.94. The Kier molecular flexibility index (Phi) is 5.28. The lowest BCUT2D eigenvalue weighted by Gasteiger charge is -2.09. The molecule has 0 unspecified atom stereocenters. The number of thiazole rings is 1. The van der Waals surface area contributed by atoms with Gasteiger partial charge in [0.15, 0.2) is 5.75 Å². The van der Waals surface area contributed by atoms with Gasteiger partial charge in [-0.05, 0) is 43.3 Å². The molecule has 0 aliphatic heterocycles. The second kappa shape index (κ2) is 8.02. The predicted molar refractivity (Wildman–Crippen MR) is 116 cm³/mol. The topological polar surface area (TPSA) is 80.7 Å². The van der Waals surface area contributed by atoms with E-state index in [4.69, 9.17) is 4.18 Å². The van der Waals surface area contributed by atoms with E-state index < -0.39 is 10.1 Å². The molecule has 0 radical (unpaired) electrons. The van der Waals surface area contributed by atoms with Gasteiger partial charge in [-0.25, -0.2) is 4.98 Å². The molecule has 0 aliphatic carbocycles. The standard InChI is InChI=1S/C21H17N3O3S2/c1-15-10-12-17(13-11-15)29(25,26)27-19-8-4-2-6-16(19)14-22-24-21-23-18-7-3-5-9-20(18)28-21/h2-14H,1H3,(H,23,24)/b22-14-. The highest BCUT2D eigenvalue weighted by Gasteiger charge is 2.17. The van der Waals surface area contributed by atoms with Crippen molar-refractivity contribution in [2.45, 2.75) is 11.8 Å². The SMILES string of the molecule is Cc1ccc(S(=O)(=O)Oc2ccccc2/C=N\Nc2nc3ccccc3s2)cc1. The Bertz CT molecular complexity index is 1250. The third kappa shape index (κ3) is 4.44. The number of aromatic nitrogens is 1. The predicted octanol–water partition coefficient (Wildman–Crippen LogP) is 4.82. The molecular weight excluding hydrogens is 406 g/mol. The fraction of sp³-hybridized carbons (Fsp3) is 0.0476. The van der Waals surface area contributed by atoms with Crippen LogP contribution in [0.1, 0.15) is 11.1 Å². The number of nitrogens with zero attached hydrogens (tertiary/aromatic N) is 2. The van der Waals surface area contributed by atoms with Crippen LogP contribution < -0.4 is 9.61 Å². The summed E-state index contributed by atoms with van der Waals surface area (Å²) in [4.78, 5) is 4.54. The number of rotatable bonds is 6. The van der Waals surface area contributed by atoms with Gasteiger partial charge in [0.2, 0.25) is 5.13 Å². The number of aryl methyl sites for hydroxylation is 1. The molecule has 0 saturated carbocycles. The third-order valence-electron chi connectivity index (χ3n) is 4.09. The molecule has 0 saturated heterocycles. The van der Waals surface area contributed by atoms with Crippen molar-refractivity contribution < 1.29 is 12.6 Å². The molecule has 0 aliphatic rings. The molecule has 0 amide bonds. The lowest BCUT2D eigenvalue weighted by molar-refractivity contribution is 0.485. The van der Waals surface area contributed by atoms with Gasteiger partial charge in [0.1, 0.15) is 4.90 Å². The van der Waals surface area contributed by atoms with Gasteiger partial charge in [0.05, 0.1) is 16.4 Å². The molecule has 146 valence electrons. The summed E-state index contributed by atoms with van der Waals surface area (Å²) in [5.74, 6) is 0.197. The third-order valence-corrected chi connectivity index (χ3v) is 6.28. The number of hydrazone groups is 1. The molecule has 0 fully saturated rings. The van der Waals surface area contributed by atoms with Crippen molar-refractivity contribution in [1.29, 1.82) is 0 Å². The maximum atomic E-state index is 12.6. The van der Waals surface area contributed by atoms with Gasteiger partial charge >= 0.3 is 10.1 Å². The smallest absolute Gasteiger partial charge is 0.339 e. The fourth-order valence-corrected chi connectivity index (χ4v) is 4.38. The zero-order valence-electron chi connectivity index (χ0n) is 15.4. The highest BCUT2D eigenvalue weighted by atomic mass is 32.2. The summed E-state index contributed by atoms with van der Waals surface area (Å²) >= 11 is 1.48. The van der Waals surface area contributed by atoms with Crippen LogP contribution >= 0.6 is 11.3 Å². The molecule has 8 heteroatoms. The molecule has 1 heterocycles. The van der Waals surface area contributed by atoms with Crippen molar-refractivity contribution >= 4 is 43.0 Å². The van der Waals surface area contributed by atoms with E-state index in [1.807, 2.05) is 31.2 Å². The van der Waals surface area contributed by atoms with Crippen LogP contribution in [0.15, 0.2) is 82.8 Å². The molecular formula is C21H17N3O3S2. The van der Waals surface area contributed by atoms with Gasteiger partial charge in [-0.15, -0.1) is 0 Å². The van der Waals surface area contributed by atoms with Crippen molar-refractivity contribution in [1.82, 2.24) is 4.98 Å². The van der Waals surface area contributed by atoms with Gasteiger partial charge in [-0.1, -0.05) is 53.3 Å². The number of anilines is 1. The van der Waals surface area contributed by atoms with Crippen LogP contribution in [0.3, 0.4) is 0 Å². The molecule has 6 nitrogen and oxygen atoms in total. The van der Waals surface area contributed by atoms with Crippen molar-refractivity contribution in [2.24, 2.45) is 5.10 Å². The van der Waals surface area contributed by atoms with Crippen LogP contribution in [-0.2, 0) is 10.1 Å². The Morgan fingerprint density at radius 1 is 1.00 bits per heavy atom. The average molecular weight is 424 g/mol. The number of fused-ring (bicyclic) bond motifs is 1. The van der Waals surface area contributed by atoms with Gasteiger partial charge in [-0.3, -0.25) is 5.43 Å². The largest absolute Gasteiger partial charge is 0.378 e. The van der Waals surface area contributed by atoms with E-state index in [0.29, 0.717) is 10.7 Å². The first-order valence-corrected chi connectivity index (χ1v) is 11.0. The minimum absolute atomic E-state index is 0.0995. The van der Waals surface area contributed by atoms with E-state index >= 15 is 0 Å². The summed E-state index contributed by atoms with van der Waals surface area (Å²) in [6, 6.07) is 21.1. The van der Waals surface area contributed by atoms with Crippen LogP contribution in [0, 0.1) is 6.92 Å². The Morgan fingerprint density at radius 3 is 2.52 bits per heavy atom. The van der Waals surface area contributed by atoms with E-state index in [2.05, 4.69) is 15.5 Å². The molecule has 0 bridgehead atoms. The minimum Gasteiger partial charge on any atom is -0.378 e. The summed E-state index contributed by atoms with van der Waals surface area (Å²) in [5, 5.41) is 4.83. The molecule has 1 aromatic heterocycles. The summed E-state index contributed by atoms with van der Waals surface area (Å²) in [6.45, 7) is 1.89. The van der Waals surface area contributed by atoms with E-state index in [0.717, 1.165) is 15.8 Å². The maximum absolute atomic E-state index is 12.6. The summed E-state index contributed by atoms with van der Waals surface area (Å²) in [5.41, 5.74) is 5.27. The number of nitrogens with one attached hydrogen (secondary N) is 1. The lowest BCUT2D eigenvalue weighted by Crippen LogP contribution is -2.11. The van der Waals surface area contributed by atoms with Crippen molar-refractivity contribution in [3.05, 3.63) is 83.9 Å². The second-order valence-electron chi connectivity index (χ2n) is 6.25. The zero-order valence-corrected chi connectivity index (χ0v) is 17.1. The second-order valence-corrected chi connectivity index (χ2v) is 8.82.